The average Bonchev–Trinajstić information content (AvgIpc) is 2.36. The summed E-state index contributed by atoms with van der Waals surface area (Å²) < 4.78 is 0. The fraction of sp³-hybridized carbons (Fsp3) is 0.400. The first-order valence-corrected chi connectivity index (χ1v) is 7.48. The van der Waals surface area contributed by atoms with Crippen LogP contribution in [-0.4, -0.2) is 0 Å². The molecule has 20 heavy (non-hydrogen) atoms. The summed E-state index contributed by atoms with van der Waals surface area (Å²) in [6.45, 7) is 13.8. The van der Waals surface area contributed by atoms with Crippen LogP contribution in [0.4, 0.5) is 0 Å². The third-order valence-electron chi connectivity index (χ3n) is 5.04. The molecule has 0 aromatic heterocycles. The summed E-state index contributed by atoms with van der Waals surface area (Å²) in [5.41, 5.74) is 8.79. The smallest absolute Gasteiger partial charge is 0.0152 e. The van der Waals surface area contributed by atoms with Gasteiger partial charge in [0.15, 0.2) is 0 Å². The molecule has 104 valence electrons. The molecule has 0 saturated carbocycles. The molecule has 0 fully saturated rings. The third-order valence-corrected chi connectivity index (χ3v) is 5.04. The first-order valence-electron chi connectivity index (χ1n) is 7.48. The molecule has 0 heterocycles. The normalized spacial score (nSPS) is 18.3. The lowest BCUT2D eigenvalue weighted by atomic mass is 9.59. The molecule has 0 radical (unpaired) electrons. The standard InChI is InChI=1S/C20H24/c1-13-7-9-15-17(11-13)20(5,6)18-12-14(2)8-10-16(18)19(15,3)4/h7-12H,1-6H3. The fourth-order valence-electron chi connectivity index (χ4n) is 3.73. The molecule has 0 saturated heterocycles. The van der Waals surface area contributed by atoms with Crippen LogP contribution in [-0.2, 0) is 10.8 Å². The zero-order chi connectivity index (χ0) is 14.7. The lowest BCUT2D eigenvalue weighted by Crippen LogP contribution is -2.36. The highest BCUT2D eigenvalue weighted by atomic mass is 14.4. The predicted octanol–water partition coefficient (Wildman–Crippen LogP) is 5.27. The Bertz CT molecular complexity index is 630. The minimum atomic E-state index is 0.0816. The highest BCUT2D eigenvalue weighted by Gasteiger charge is 2.41. The minimum Gasteiger partial charge on any atom is -0.0590 e. The Balaban J connectivity index is 2.40. The van der Waals surface area contributed by atoms with Gasteiger partial charge in [-0.1, -0.05) is 75.2 Å². The predicted molar refractivity (Wildman–Crippen MR) is 86.6 cm³/mol. The number of benzene rings is 2. The number of rotatable bonds is 0. The van der Waals surface area contributed by atoms with E-state index in [0.717, 1.165) is 0 Å². The number of hydrogen-bond acceptors (Lipinski definition) is 0. The SMILES string of the molecule is Cc1ccc2c(c1)C(C)(C)c1cc(C)ccc1C2(C)C. The topological polar surface area (TPSA) is 0 Å². The fourth-order valence-corrected chi connectivity index (χ4v) is 3.73. The van der Waals surface area contributed by atoms with Gasteiger partial charge in [0.2, 0.25) is 0 Å². The van der Waals surface area contributed by atoms with E-state index in [9.17, 15) is 0 Å². The molecule has 2 aromatic carbocycles. The van der Waals surface area contributed by atoms with Gasteiger partial charge in [-0.3, -0.25) is 0 Å². The first kappa shape index (κ1) is 13.4. The van der Waals surface area contributed by atoms with E-state index in [1.54, 1.807) is 0 Å². The van der Waals surface area contributed by atoms with E-state index < -0.39 is 0 Å². The van der Waals surface area contributed by atoms with Crippen LogP contribution in [0, 0.1) is 13.8 Å². The van der Waals surface area contributed by atoms with Crippen molar-refractivity contribution in [2.24, 2.45) is 0 Å². The number of aryl methyl sites for hydroxylation is 2. The monoisotopic (exact) mass is 264 g/mol. The average molecular weight is 264 g/mol. The zero-order valence-electron chi connectivity index (χ0n) is 13.5. The van der Waals surface area contributed by atoms with Crippen LogP contribution < -0.4 is 0 Å². The second kappa shape index (κ2) is 3.97. The molecule has 1 aliphatic carbocycles. The van der Waals surface area contributed by atoms with Gasteiger partial charge >= 0.3 is 0 Å². The number of hydrogen-bond donors (Lipinski definition) is 0. The summed E-state index contributed by atoms with van der Waals surface area (Å²) >= 11 is 0. The summed E-state index contributed by atoms with van der Waals surface area (Å²) in [5, 5.41) is 0. The van der Waals surface area contributed by atoms with Crippen molar-refractivity contribution in [1.82, 2.24) is 0 Å². The minimum absolute atomic E-state index is 0.0816. The number of fused-ring (bicyclic) bond motifs is 2. The van der Waals surface area contributed by atoms with Crippen LogP contribution >= 0.6 is 0 Å². The Hall–Kier alpha value is -1.56. The summed E-state index contributed by atoms with van der Waals surface area (Å²) in [5.74, 6) is 0. The highest BCUT2D eigenvalue weighted by molar-refractivity contribution is 5.59. The molecule has 0 unspecified atom stereocenters. The molecule has 0 spiro atoms. The molecule has 0 bridgehead atoms. The molecular formula is C20H24. The van der Waals surface area contributed by atoms with Crippen molar-refractivity contribution in [2.45, 2.75) is 52.4 Å². The van der Waals surface area contributed by atoms with Crippen LogP contribution in [0.2, 0.25) is 0 Å². The van der Waals surface area contributed by atoms with Crippen LogP contribution in [0.25, 0.3) is 0 Å². The Kier molecular flexibility index (Phi) is 2.67. The van der Waals surface area contributed by atoms with Gasteiger partial charge in [-0.15, -0.1) is 0 Å². The van der Waals surface area contributed by atoms with Crippen molar-refractivity contribution in [3.8, 4) is 0 Å². The quantitative estimate of drug-likeness (QED) is 0.608. The maximum absolute atomic E-state index is 2.38. The largest absolute Gasteiger partial charge is 0.0590 e. The van der Waals surface area contributed by atoms with E-state index in [0.29, 0.717) is 0 Å². The lowest BCUT2D eigenvalue weighted by molar-refractivity contribution is 0.519. The van der Waals surface area contributed by atoms with Crippen molar-refractivity contribution in [3.63, 3.8) is 0 Å². The maximum atomic E-state index is 2.38. The van der Waals surface area contributed by atoms with E-state index in [4.69, 9.17) is 0 Å². The van der Waals surface area contributed by atoms with Crippen LogP contribution in [0.1, 0.15) is 61.1 Å². The summed E-state index contributed by atoms with van der Waals surface area (Å²) in [7, 11) is 0. The van der Waals surface area contributed by atoms with Crippen molar-refractivity contribution in [2.75, 3.05) is 0 Å². The summed E-state index contributed by atoms with van der Waals surface area (Å²) in [4.78, 5) is 0. The van der Waals surface area contributed by atoms with E-state index in [2.05, 4.69) is 77.9 Å². The Morgan fingerprint density at radius 2 is 0.900 bits per heavy atom. The second-order valence-corrected chi connectivity index (χ2v) is 7.35. The van der Waals surface area contributed by atoms with E-state index in [-0.39, 0.29) is 10.8 Å². The van der Waals surface area contributed by atoms with Gasteiger partial charge in [-0.2, -0.15) is 0 Å². The molecule has 3 rings (SSSR count). The van der Waals surface area contributed by atoms with Crippen LogP contribution in [0.5, 0.6) is 0 Å². The van der Waals surface area contributed by atoms with Crippen LogP contribution in [0.3, 0.4) is 0 Å². The molecular weight excluding hydrogens is 240 g/mol. The van der Waals surface area contributed by atoms with Gasteiger partial charge in [0.1, 0.15) is 0 Å². The zero-order valence-corrected chi connectivity index (χ0v) is 13.5. The molecule has 0 nitrogen and oxygen atoms in total. The first-order chi connectivity index (χ1) is 9.24. The molecule has 2 aromatic rings. The third kappa shape index (κ3) is 1.67. The molecule has 1 aliphatic rings. The Labute approximate surface area is 122 Å². The van der Waals surface area contributed by atoms with Gasteiger partial charge in [0, 0.05) is 10.8 Å². The van der Waals surface area contributed by atoms with Crippen LogP contribution in [0.15, 0.2) is 36.4 Å². The van der Waals surface area contributed by atoms with Crippen molar-refractivity contribution < 1.29 is 0 Å². The van der Waals surface area contributed by atoms with Gasteiger partial charge in [0.25, 0.3) is 0 Å². The van der Waals surface area contributed by atoms with Gasteiger partial charge < -0.3 is 0 Å². The second-order valence-electron chi connectivity index (χ2n) is 7.35. The van der Waals surface area contributed by atoms with Gasteiger partial charge in [-0.25, -0.2) is 0 Å². The summed E-state index contributed by atoms with van der Waals surface area (Å²) in [6, 6.07) is 13.9. The lowest BCUT2D eigenvalue weighted by Gasteiger charge is -2.44. The van der Waals surface area contributed by atoms with E-state index >= 15 is 0 Å². The maximum Gasteiger partial charge on any atom is 0.0152 e. The van der Waals surface area contributed by atoms with Crippen molar-refractivity contribution in [1.29, 1.82) is 0 Å². The molecule has 0 amide bonds. The molecule has 0 heteroatoms. The van der Waals surface area contributed by atoms with E-state index in [1.165, 1.54) is 33.4 Å². The summed E-state index contributed by atoms with van der Waals surface area (Å²) in [6.07, 6.45) is 0. The van der Waals surface area contributed by atoms with Crippen molar-refractivity contribution in [3.05, 3.63) is 69.8 Å². The molecule has 0 aliphatic heterocycles. The highest BCUT2D eigenvalue weighted by Crippen LogP contribution is 2.49. The van der Waals surface area contributed by atoms with Gasteiger partial charge in [0.05, 0.1) is 0 Å². The van der Waals surface area contributed by atoms with E-state index in [1.807, 2.05) is 0 Å². The Morgan fingerprint density at radius 1 is 0.550 bits per heavy atom. The van der Waals surface area contributed by atoms with Gasteiger partial charge in [-0.05, 0) is 36.1 Å². The Morgan fingerprint density at radius 3 is 1.30 bits per heavy atom. The molecule has 0 N–H and O–H groups in total. The van der Waals surface area contributed by atoms with Crippen molar-refractivity contribution >= 4 is 0 Å². The molecule has 0 atom stereocenters.